The highest BCUT2D eigenvalue weighted by atomic mass is 16.5. The van der Waals surface area contributed by atoms with E-state index < -0.39 is 0 Å². The minimum Gasteiger partial charge on any atom is -0.504 e. The molecular formula is C13H18O2. The molecule has 0 bridgehead atoms. The van der Waals surface area contributed by atoms with Gasteiger partial charge < -0.3 is 9.84 Å². The minimum absolute atomic E-state index is 0.172. The van der Waals surface area contributed by atoms with Gasteiger partial charge in [0.1, 0.15) is 0 Å². The Bertz CT molecular complexity index is 327. The Morgan fingerprint density at radius 2 is 1.93 bits per heavy atom. The van der Waals surface area contributed by atoms with Gasteiger partial charge in [0, 0.05) is 0 Å². The van der Waals surface area contributed by atoms with Crippen LogP contribution in [0.15, 0.2) is 36.9 Å². The molecule has 0 amide bonds. The first-order chi connectivity index (χ1) is 7.19. The van der Waals surface area contributed by atoms with Gasteiger partial charge in [0.15, 0.2) is 11.5 Å². The van der Waals surface area contributed by atoms with Gasteiger partial charge in [-0.1, -0.05) is 24.3 Å². The molecule has 0 fully saturated rings. The van der Waals surface area contributed by atoms with Crippen molar-refractivity contribution in [2.45, 2.75) is 13.8 Å². The largest absolute Gasteiger partial charge is 0.504 e. The zero-order chi connectivity index (χ0) is 11.7. The van der Waals surface area contributed by atoms with E-state index >= 15 is 0 Å². The lowest BCUT2D eigenvalue weighted by molar-refractivity contribution is 0.373. The van der Waals surface area contributed by atoms with Crippen LogP contribution < -0.4 is 4.74 Å². The van der Waals surface area contributed by atoms with Gasteiger partial charge in [0.05, 0.1) is 7.11 Å². The molecule has 0 aliphatic carbocycles. The van der Waals surface area contributed by atoms with Crippen molar-refractivity contribution in [1.29, 1.82) is 0 Å². The molecule has 0 unspecified atom stereocenters. The number of rotatable bonds is 2. The first-order valence-electron chi connectivity index (χ1n) is 4.76. The van der Waals surface area contributed by atoms with E-state index in [0.717, 1.165) is 5.56 Å². The molecule has 0 heterocycles. The second-order valence-corrected chi connectivity index (χ2v) is 2.84. The summed E-state index contributed by atoms with van der Waals surface area (Å²) in [6.45, 7) is 7.19. The summed E-state index contributed by atoms with van der Waals surface area (Å²) in [7, 11) is 1.54. The van der Waals surface area contributed by atoms with Crippen LogP contribution in [0.4, 0.5) is 0 Å². The molecule has 15 heavy (non-hydrogen) atoms. The Hall–Kier alpha value is -1.70. The summed E-state index contributed by atoms with van der Waals surface area (Å²) in [4.78, 5) is 0. The molecule has 1 aromatic rings. The zero-order valence-corrected chi connectivity index (χ0v) is 9.53. The molecule has 1 N–H and O–H groups in total. The molecule has 0 aliphatic rings. The van der Waals surface area contributed by atoms with Crippen LogP contribution in [0, 0.1) is 0 Å². The number of aromatic hydroxyl groups is 1. The summed E-state index contributed by atoms with van der Waals surface area (Å²) in [6.07, 6.45) is 5.63. The van der Waals surface area contributed by atoms with Crippen molar-refractivity contribution in [2.24, 2.45) is 0 Å². The van der Waals surface area contributed by atoms with Gasteiger partial charge in [-0.2, -0.15) is 0 Å². The maximum Gasteiger partial charge on any atom is 0.161 e. The summed E-state index contributed by atoms with van der Waals surface area (Å²) >= 11 is 0. The average molecular weight is 206 g/mol. The van der Waals surface area contributed by atoms with Gasteiger partial charge in [-0.3, -0.25) is 0 Å². The number of ether oxygens (including phenoxy) is 1. The number of phenolic OH excluding ortho intramolecular Hbond substituents is 1. The van der Waals surface area contributed by atoms with E-state index in [4.69, 9.17) is 4.74 Å². The highest BCUT2D eigenvalue weighted by Gasteiger charge is 1.99. The van der Waals surface area contributed by atoms with Gasteiger partial charge in [-0.05, 0) is 31.5 Å². The van der Waals surface area contributed by atoms with E-state index in [2.05, 4.69) is 6.58 Å². The third-order valence-electron chi connectivity index (χ3n) is 1.56. The zero-order valence-electron chi connectivity index (χ0n) is 9.53. The monoisotopic (exact) mass is 206 g/mol. The van der Waals surface area contributed by atoms with Crippen molar-refractivity contribution >= 4 is 6.08 Å². The smallest absolute Gasteiger partial charge is 0.161 e. The fraction of sp³-hybridized carbons (Fsp3) is 0.231. The third kappa shape index (κ3) is 4.91. The van der Waals surface area contributed by atoms with E-state index in [0.29, 0.717) is 5.75 Å². The molecule has 2 heteroatoms. The van der Waals surface area contributed by atoms with Gasteiger partial charge in [-0.15, -0.1) is 6.58 Å². The van der Waals surface area contributed by atoms with Crippen molar-refractivity contribution in [1.82, 2.24) is 0 Å². The summed E-state index contributed by atoms with van der Waals surface area (Å²) < 4.78 is 4.95. The summed E-state index contributed by atoms with van der Waals surface area (Å²) in [5.41, 5.74) is 1.02. The number of phenols is 1. The number of hydrogen-bond acceptors (Lipinski definition) is 2. The Morgan fingerprint density at radius 1 is 1.33 bits per heavy atom. The Balaban J connectivity index is 0.000000583. The lowest BCUT2D eigenvalue weighted by atomic mass is 10.2. The van der Waals surface area contributed by atoms with Crippen LogP contribution in [0.25, 0.3) is 6.08 Å². The van der Waals surface area contributed by atoms with Crippen molar-refractivity contribution in [2.75, 3.05) is 7.11 Å². The standard InChI is InChI=1S/C10H12O2.C3H6/c1-3-4-8-5-6-9(11)10(7-8)12-2;1-3-2/h3-7,11H,1-2H3;3H,1H2,2H3/b4-3+;. The highest BCUT2D eigenvalue weighted by molar-refractivity contribution is 5.55. The molecule has 0 radical (unpaired) electrons. The van der Waals surface area contributed by atoms with E-state index in [1.165, 1.54) is 7.11 Å². The van der Waals surface area contributed by atoms with Crippen LogP contribution in [0.2, 0.25) is 0 Å². The maximum atomic E-state index is 9.25. The number of hydrogen-bond donors (Lipinski definition) is 1. The normalized spacial score (nSPS) is 9.27. The Kier molecular flexibility index (Phi) is 6.81. The van der Waals surface area contributed by atoms with E-state index in [1.807, 2.05) is 32.1 Å². The van der Waals surface area contributed by atoms with Crippen LogP contribution in [0.1, 0.15) is 19.4 Å². The van der Waals surface area contributed by atoms with Crippen LogP contribution in [0.5, 0.6) is 11.5 Å². The molecular weight excluding hydrogens is 188 g/mol. The number of allylic oxidation sites excluding steroid dienone is 2. The predicted molar refractivity (Wildman–Crippen MR) is 65.2 cm³/mol. The molecule has 82 valence electrons. The van der Waals surface area contributed by atoms with E-state index in [-0.39, 0.29) is 5.75 Å². The quantitative estimate of drug-likeness (QED) is 0.749. The van der Waals surface area contributed by atoms with Crippen molar-refractivity contribution in [3.8, 4) is 11.5 Å². The second-order valence-electron chi connectivity index (χ2n) is 2.84. The third-order valence-corrected chi connectivity index (χ3v) is 1.56. The molecule has 1 rings (SSSR count). The van der Waals surface area contributed by atoms with E-state index in [1.54, 1.807) is 18.2 Å². The second kappa shape index (κ2) is 7.68. The topological polar surface area (TPSA) is 29.5 Å². The van der Waals surface area contributed by atoms with Gasteiger partial charge in [-0.25, -0.2) is 0 Å². The Labute approximate surface area is 91.5 Å². The number of benzene rings is 1. The maximum absolute atomic E-state index is 9.25. The van der Waals surface area contributed by atoms with Crippen molar-refractivity contribution < 1.29 is 9.84 Å². The molecule has 0 atom stereocenters. The number of methoxy groups -OCH3 is 1. The lowest BCUT2D eigenvalue weighted by Crippen LogP contribution is -1.83. The molecule has 0 saturated heterocycles. The average Bonchev–Trinajstić information content (AvgIpc) is 2.22. The highest BCUT2D eigenvalue weighted by Crippen LogP contribution is 2.26. The minimum atomic E-state index is 0.172. The van der Waals surface area contributed by atoms with Crippen molar-refractivity contribution in [3.63, 3.8) is 0 Å². The summed E-state index contributed by atoms with van der Waals surface area (Å²) in [5, 5.41) is 9.25. The molecule has 1 aromatic carbocycles. The first-order valence-corrected chi connectivity index (χ1v) is 4.76. The molecule has 0 aromatic heterocycles. The van der Waals surface area contributed by atoms with Crippen LogP contribution >= 0.6 is 0 Å². The Morgan fingerprint density at radius 3 is 2.40 bits per heavy atom. The van der Waals surface area contributed by atoms with Gasteiger partial charge >= 0.3 is 0 Å². The lowest BCUT2D eigenvalue weighted by Gasteiger charge is -2.03. The first kappa shape index (κ1) is 13.3. The molecule has 2 nitrogen and oxygen atoms in total. The predicted octanol–water partition coefficient (Wildman–Crippen LogP) is 3.63. The fourth-order valence-electron chi connectivity index (χ4n) is 0.990. The summed E-state index contributed by atoms with van der Waals surface area (Å²) in [6, 6.07) is 5.24. The SMILES string of the molecule is C/C=C/c1ccc(O)c(OC)c1.C=CC. The van der Waals surface area contributed by atoms with Crippen LogP contribution in [-0.4, -0.2) is 12.2 Å². The summed E-state index contributed by atoms with van der Waals surface area (Å²) in [5.74, 6) is 0.677. The van der Waals surface area contributed by atoms with Gasteiger partial charge in [0.25, 0.3) is 0 Å². The fourth-order valence-corrected chi connectivity index (χ4v) is 0.990. The van der Waals surface area contributed by atoms with Crippen molar-refractivity contribution in [3.05, 3.63) is 42.5 Å². The van der Waals surface area contributed by atoms with Crippen LogP contribution in [0.3, 0.4) is 0 Å². The van der Waals surface area contributed by atoms with Gasteiger partial charge in [0.2, 0.25) is 0 Å². The molecule has 0 spiro atoms. The molecule has 0 aliphatic heterocycles. The van der Waals surface area contributed by atoms with Crippen LogP contribution in [-0.2, 0) is 0 Å². The molecule has 0 saturated carbocycles. The van der Waals surface area contributed by atoms with E-state index in [9.17, 15) is 5.11 Å².